The molecule has 2 aromatic carbocycles. The molecule has 9 nitrogen and oxygen atoms in total. The maximum absolute atomic E-state index is 13.6. The van der Waals surface area contributed by atoms with E-state index in [1.54, 1.807) is 44.6 Å². The number of methoxy groups -OCH3 is 2. The number of amides is 1. The number of nitrogens with one attached hydrogen (secondary N) is 1. The summed E-state index contributed by atoms with van der Waals surface area (Å²) >= 11 is 0. The van der Waals surface area contributed by atoms with Crippen LogP contribution in [0, 0.1) is 5.82 Å². The van der Waals surface area contributed by atoms with E-state index >= 15 is 0 Å². The zero-order valence-corrected chi connectivity index (χ0v) is 17.3. The summed E-state index contributed by atoms with van der Waals surface area (Å²) in [5.41, 5.74) is 1.73. The Balaban J connectivity index is 1.47. The van der Waals surface area contributed by atoms with Crippen LogP contribution in [0.4, 0.5) is 4.39 Å². The van der Waals surface area contributed by atoms with E-state index in [9.17, 15) is 9.18 Å². The summed E-state index contributed by atoms with van der Waals surface area (Å²) in [5.74, 6) is 0.542. The lowest BCUT2D eigenvalue weighted by Gasteiger charge is -2.12. The number of halogens is 1. The Kier molecular flexibility index (Phi) is 6.11. The molecular formula is C22H19FN4O5. The van der Waals surface area contributed by atoms with Gasteiger partial charge in [0.2, 0.25) is 5.88 Å². The van der Waals surface area contributed by atoms with Crippen LogP contribution in [0.15, 0.2) is 53.3 Å². The lowest BCUT2D eigenvalue weighted by atomic mass is 10.1. The Morgan fingerprint density at radius 2 is 2.00 bits per heavy atom. The molecule has 2 aromatic heterocycles. The van der Waals surface area contributed by atoms with Crippen molar-refractivity contribution in [3.8, 4) is 28.6 Å². The number of benzene rings is 2. The van der Waals surface area contributed by atoms with E-state index < -0.39 is 5.82 Å². The van der Waals surface area contributed by atoms with Crippen LogP contribution in [0.25, 0.3) is 22.4 Å². The molecule has 10 heteroatoms. The van der Waals surface area contributed by atoms with Gasteiger partial charge in [0.15, 0.2) is 6.61 Å². The third kappa shape index (κ3) is 4.43. The normalized spacial score (nSPS) is 10.7. The first-order valence-electron chi connectivity index (χ1n) is 9.55. The molecule has 0 unspecified atom stereocenters. The van der Waals surface area contributed by atoms with Crippen LogP contribution in [0.2, 0.25) is 0 Å². The molecular weight excluding hydrogens is 419 g/mol. The van der Waals surface area contributed by atoms with Crippen LogP contribution in [-0.2, 0) is 11.3 Å². The molecule has 0 radical (unpaired) electrons. The van der Waals surface area contributed by atoms with Crippen LogP contribution >= 0.6 is 0 Å². The number of aromatic nitrogens is 3. The van der Waals surface area contributed by atoms with E-state index in [1.807, 2.05) is 0 Å². The van der Waals surface area contributed by atoms with Crippen LogP contribution in [0.5, 0.6) is 17.4 Å². The molecule has 4 aromatic rings. The van der Waals surface area contributed by atoms with Gasteiger partial charge in [0.05, 0.1) is 14.2 Å². The fraction of sp³-hybridized carbons (Fsp3) is 0.182. The molecule has 0 aliphatic heterocycles. The maximum Gasteiger partial charge on any atom is 0.265 e. The standard InChI is InChI=1S/C22H19FN4O5/c1-29-16-7-6-14(17(9-16)30-2)10-24-18(28)11-31-21-19-20(13-4-3-5-15(23)8-13)27-32-22(19)26-12-25-21/h3-9,12H,10-11H2,1-2H3,(H,24,28). The quantitative estimate of drug-likeness (QED) is 0.447. The van der Waals surface area contributed by atoms with Gasteiger partial charge in [0.1, 0.15) is 34.7 Å². The summed E-state index contributed by atoms with van der Waals surface area (Å²) in [6, 6.07) is 11.2. The van der Waals surface area contributed by atoms with Crippen molar-refractivity contribution in [2.75, 3.05) is 20.8 Å². The summed E-state index contributed by atoms with van der Waals surface area (Å²) in [5, 5.41) is 7.06. The highest BCUT2D eigenvalue weighted by Gasteiger charge is 2.19. The van der Waals surface area contributed by atoms with Crippen molar-refractivity contribution in [1.82, 2.24) is 20.4 Å². The SMILES string of the molecule is COc1ccc(CNC(=O)COc2ncnc3onc(-c4cccc(F)c4)c23)c(OC)c1. The molecule has 1 amide bonds. The zero-order valence-electron chi connectivity index (χ0n) is 17.3. The predicted octanol–water partition coefficient (Wildman–Crippen LogP) is 3.14. The molecule has 0 aliphatic rings. The van der Waals surface area contributed by atoms with Gasteiger partial charge >= 0.3 is 0 Å². The fourth-order valence-electron chi connectivity index (χ4n) is 3.08. The zero-order chi connectivity index (χ0) is 22.5. The fourth-order valence-corrected chi connectivity index (χ4v) is 3.08. The van der Waals surface area contributed by atoms with Gasteiger partial charge in [-0.2, -0.15) is 4.98 Å². The van der Waals surface area contributed by atoms with Gasteiger partial charge in [-0.1, -0.05) is 17.3 Å². The Morgan fingerprint density at radius 3 is 2.78 bits per heavy atom. The molecule has 0 saturated heterocycles. The number of ether oxygens (including phenoxy) is 3. The van der Waals surface area contributed by atoms with E-state index in [0.717, 1.165) is 5.56 Å². The second kappa shape index (κ2) is 9.29. The Bertz CT molecular complexity index is 1260. The van der Waals surface area contributed by atoms with Crippen molar-refractivity contribution in [2.24, 2.45) is 0 Å². The highest BCUT2D eigenvalue weighted by molar-refractivity contribution is 5.93. The Morgan fingerprint density at radius 1 is 1.12 bits per heavy atom. The lowest BCUT2D eigenvalue weighted by Crippen LogP contribution is -2.28. The van der Waals surface area contributed by atoms with Crippen LogP contribution in [0.1, 0.15) is 5.56 Å². The minimum absolute atomic E-state index is 0.104. The van der Waals surface area contributed by atoms with Gasteiger partial charge in [0, 0.05) is 23.7 Å². The molecule has 2 heterocycles. The van der Waals surface area contributed by atoms with Gasteiger partial charge in [-0.15, -0.1) is 0 Å². The van der Waals surface area contributed by atoms with E-state index in [0.29, 0.717) is 28.1 Å². The summed E-state index contributed by atoms with van der Waals surface area (Å²) in [6.07, 6.45) is 1.23. The van der Waals surface area contributed by atoms with Crippen LogP contribution in [0.3, 0.4) is 0 Å². The molecule has 0 atom stereocenters. The second-order valence-corrected chi connectivity index (χ2v) is 6.64. The van der Waals surface area contributed by atoms with Gasteiger partial charge < -0.3 is 24.1 Å². The first kappa shape index (κ1) is 21.0. The van der Waals surface area contributed by atoms with Crippen molar-refractivity contribution in [3.63, 3.8) is 0 Å². The summed E-state index contributed by atoms with van der Waals surface area (Å²) in [7, 11) is 3.10. The highest BCUT2D eigenvalue weighted by atomic mass is 19.1. The number of hydrogen-bond acceptors (Lipinski definition) is 8. The van der Waals surface area contributed by atoms with Crippen molar-refractivity contribution in [1.29, 1.82) is 0 Å². The van der Waals surface area contributed by atoms with Crippen LogP contribution in [-0.4, -0.2) is 41.9 Å². The minimum atomic E-state index is -0.425. The predicted molar refractivity (Wildman–Crippen MR) is 112 cm³/mol. The Hall–Kier alpha value is -4.21. The number of carbonyl (C=O) groups excluding carboxylic acids is 1. The molecule has 32 heavy (non-hydrogen) atoms. The average Bonchev–Trinajstić information content (AvgIpc) is 3.26. The monoisotopic (exact) mass is 438 g/mol. The maximum atomic E-state index is 13.6. The largest absolute Gasteiger partial charge is 0.497 e. The van der Waals surface area contributed by atoms with E-state index in [1.165, 1.54) is 18.5 Å². The average molecular weight is 438 g/mol. The number of carbonyl (C=O) groups is 1. The molecule has 0 spiro atoms. The van der Waals surface area contributed by atoms with E-state index in [2.05, 4.69) is 20.4 Å². The van der Waals surface area contributed by atoms with Gasteiger partial charge in [-0.3, -0.25) is 4.79 Å². The Labute approximate surface area is 182 Å². The van der Waals surface area contributed by atoms with Crippen molar-refractivity contribution in [2.45, 2.75) is 6.54 Å². The van der Waals surface area contributed by atoms with Crippen molar-refractivity contribution >= 4 is 17.0 Å². The number of rotatable bonds is 8. The second-order valence-electron chi connectivity index (χ2n) is 6.64. The molecule has 0 fully saturated rings. The number of nitrogens with zero attached hydrogens (tertiary/aromatic N) is 3. The van der Waals surface area contributed by atoms with Gasteiger partial charge in [-0.05, 0) is 24.3 Å². The minimum Gasteiger partial charge on any atom is -0.497 e. The van der Waals surface area contributed by atoms with Crippen molar-refractivity contribution < 1.29 is 27.9 Å². The number of fused-ring (bicyclic) bond motifs is 1. The van der Waals surface area contributed by atoms with Crippen molar-refractivity contribution in [3.05, 3.63) is 60.2 Å². The summed E-state index contributed by atoms with van der Waals surface area (Å²) in [4.78, 5) is 20.4. The third-order valence-electron chi connectivity index (χ3n) is 4.65. The van der Waals surface area contributed by atoms with Gasteiger partial charge in [0.25, 0.3) is 11.6 Å². The molecule has 164 valence electrons. The first-order chi connectivity index (χ1) is 15.6. The smallest absolute Gasteiger partial charge is 0.265 e. The van der Waals surface area contributed by atoms with E-state index in [-0.39, 0.29) is 30.7 Å². The lowest BCUT2D eigenvalue weighted by molar-refractivity contribution is -0.123. The molecule has 1 N–H and O–H groups in total. The highest BCUT2D eigenvalue weighted by Crippen LogP contribution is 2.32. The van der Waals surface area contributed by atoms with Gasteiger partial charge in [-0.25, -0.2) is 9.37 Å². The third-order valence-corrected chi connectivity index (χ3v) is 4.65. The summed E-state index contributed by atoms with van der Waals surface area (Å²) < 4.78 is 35.0. The first-order valence-corrected chi connectivity index (χ1v) is 9.55. The topological polar surface area (TPSA) is 109 Å². The molecule has 0 saturated carbocycles. The van der Waals surface area contributed by atoms with Crippen LogP contribution < -0.4 is 19.5 Å². The summed E-state index contributed by atoms with van der Waals surface area (Å²) in [6.45, 7) is -0.0747. The molecule has 0 aliphatic carbocycles. The van der Waals surface area contributed by atoms with E-state index in [4.69, 9.17) is 18.7 Å². The molecule has 4 rings (SSSR count). The molecule has 0 bridgehead atoms. The number of hydrogen-bond donors (Lipinski definition) is 1.